The predicted molar refractivity (Wildman–Crippen MR) is 48.3 cm³/mol. The van der Waals surface area contributed by atoms with E-state index in [0.29, 0.717) is 0 Å². The molecule has 0 saturated carbocycles. The number of halogens is 13. The second kappa shape index (κ2) is 6.11. The maximum absolute atomic E-state index is 12.8. The Bertz CT molecular complexity index is 475. The van der Waals surface area contributed by atoms with Gasteiger partial charge in [-0.3, -0.25) is 0 Å². The Labute approximate surface area is 123 Å². The number of carbonyl (C=O) groups is 1. The van der Waals surface area contributed by atoms with Crippen LogP contribution in [0.25, 0.3) is 0 Å². The van der Waals surface area contributed by atoms with Crippen LogP contribution in [0.1, 0.15) is 0 Å². The minimum atomic E-state index is -8.00. The molecule has 24 heavy (non-hydrogen) atoms. The predicted octanol–water partition coefficient (Wildman–Crippen LogP) is 4.01. The SMILES string of the molecule is N.O=C(O)C(F)(F)C(F)(F)C(F)(F)C(F)(F)C(F)(F)C(F)(F)CF. The maximum Gasteiger partial charge on any atom is 0.410 e. The van der Waals surface area contributed by atoms with E-state index >= 15 is 0 Å². The summed E-state index contributed by atoms with van der Waals surface area (Å²) in [5.74, 6) is -49.0. The molecule has 0 rings (SSSR count). The molecular formula is C8H6F13NO2. The van der Waals surface area contributed by atoms with Crippen molar-refractivity contribution in [1.29, 1.82) is 0 Å². The minimum absolute atomic E-state index is 0. The molecule has 0 aromatic rings. The van der Waals surface area contributed by atoms with Crippen LogP contribution in [-0.4, -0.2) is 53.3 Å². The van der Waals surface area contributed by atoms with Crippen molar-refractivity contribution in [1.82, 2.24) is 6.15 Å². The van der Waals surface area contributed by atoms with Crippen LogP contribution in [0.5, 0.6) is 0 Å². The highest BCUT2D eigenvalue weighted by molar-refractivity contribution is 5.77. The number of rotatable bonds is 7. The van der Waals surface area contributed by atoms with Crippen LogP contribution in [-0.2, 0) is 4.79 Å². The summed E-state index contributed by atoms with van der Waals surface area (Å²) >= 11 is 0. The number of alkyl halides is 13. The average molecular weight is 395 g/mol. The van der Waals surface area contributed by atoms with Crippen LogP contribution in [0.3, 0.4) is 0 Å². The number of aliphatic carboxylic acids is 1. The first-order chi connectivity index (χ1) is 9.75. The van der Waals surface area contributed by atoms with E-state index < -0.39 is 48.2 Å². The number of hydrogen-bond donors (Lipinski definition) is 2. The van der Waals surface area contributed by atoms with Gasteiger partial charge in [-0.2, -0.15) is 52.7 Å². The van der Waals surface area contributed by atoms with Crippen molar-refractivity contribution in [3.63, 3.8) is 0 Å². The standard InChI is InChI=1S/C8H3F13O2.H3N/c9-1-3(10,11)5(14,15)7(18,19)8(20,21)6(16,17)4(12,13)2(22)23;/h1H2,(H,22,23);1H3. The molecule has 146 valence electrons. The minimum Gasteiger partial charge on any atom is -0.477 e. The molecule has 0 aliphatic carbocycles. The summed E-state index contributed by atoms with van der Waals surface area (Å²) in [5, 5.41) is 7.61. The van der Waals surface area contributed by atoms with E-state index in [-0.39, 0.29) is 6.15 Å². The van der Waals surface area contributed by atoms with E-state index in [0.717, 1.165) is 0 Å². The summed E-state index contributed by atoms with van der Waals surface area (Å²) in [4.78, 5) is 9.74. The van der Waals surface area contributed by atoms with Crippen LogP contribution in [0.15, 0.2) is 0 Å². The topological polar surface area (TPSA) is 72.3 Å². The van der Waals surface area contributed by atoms with Gasteiger partial charge < -0.3 is 11.3 Å². The fourth-order valence-corrected chi connectivity index (χ4v) is 1.04. The lowest BCUT2D eigenvalue weighted by atomic mass is 9.91. The normalized spacial score (nSPS) is 15.0. The van der Waals surface area contributed by atoms with Gasteiger partial charge in [-0.25, -0.2) is 9.18 Å². The molecule has 0 spiro atoms. The molecule has 16 heteroatoms. The molecule has 0 radical (unpaired) electrons. The second-order valence-corrected chi connectivity index (χ2v) is 4.02. The Balaban J connectivity index is 0. The molecule has 0 aromatic heterocycles. The first kappa shape index (κ1) is 24.8. The van der Waals surface area contributed by atoms with Crippen LogP contribution in [0.4, 0.5) is 57.1 Å². The van der Waals surface area contributed by atoms with Gasteiger partial charge in [0.15, 0.2) is 6.67 Å². The van der Waals surface area contributed by atoms with Crippen molar-refractivity contribution in [2.24, 2.45) is 0 Å². The van der Waals surface area contributed by atoms with Crippen molar-refractivity contribution in [3.05, 3.63) is 0 Å². The Hall–Kier alpha value is -1.48. The van der Waals surface area contributed by atoms with E-state index in [9.17, 15) is 61.9 Å². The highest BCUT2D eigenvalue weighted by Gasteiger charge is 2.91. The Morgan fingerprint density at radius 1 is 0.667 bits per heavy atom. The lowest BCUT2D eigenvalue weighted by Gasteiger charge is -2.39. The maximum atomic E-state index is 12.8. The fraction of sp³-hybridized carbons (Fsp3) is 0.875. The average Bonchev–Trinajstić information content (AvgIpc) is 2.37. The van der Waals surface area contributed by atoms with Gasteiger partial charge in [-0.15, -0.1) is 0 Å². The first-order valence-electron chi connectivity index (χ1n) is 4.82. The monoisotopic (exact) mass is 395 g/mol. The molecule has 0 aromatic carbocycles. The summed E-state index contributed by atoms with van der Waals surface area (Å²) in [5.41, 5.74) is 0. The van der Waals surface area contributed by atoms with Crippen LogP contribution in [0, 0.1) is 0 Å². The van der Waals surface area contributed by atoms with E-state index in [2.05, 4.69) is 0 Å². The molecule has 0 aliphatic heterocycles. The molecule has 0 atom stereocenters. The van der Waals surface area contributed by atoms with Gasteiger partial charge in [0, 0.05) is 0 Å². The number of carboxylic acids is 1. The number of carboxylic acid groups (broad SMARTS) is 1. The highest BCUT2D eigenvalue weighted by atomic mass is 19.4. The van der Waals surface area contributed by atoms with Gasteiger partial charge in [-0.1, -0.05) is 0 Å². The first-order valence-corrected chi connectivity index (χ1v) is 4.82. The lowest BCUT2D eigenvalue weighted by molar-refractivity contribution is -0.421. The molecule has 0 unspecified atom stereocenters. The van der Waals surface area contributed by atoms with Crippen molar-refractivity contribution < 1.29 is 67.0 Å². The van der Waals surface area contributed by atoms with Gasteiger partial charge in [0.05, 0.1) is 0 Å². The largest absolute Gasteiger partial charge is 0.477 e. The Morgan fingerprint density at radius 2 is 0.958 bits per heavy atom. The van der Waals surface area contributed by atoms with E-state index in [1.54, 1.807) is 0 Å². The third-order valence-corrected chi connectivity index (χ3v) is 2.47. The Kier molecular flexibility index (Phi) is 6.30. The molecule has 0 amide bonds. The van der Waals surface area contributed by atoms with Crippen molar-refractivity contribution >= 4 is 5.97 Å². The van der Waals surface area contributed by atoms with Crippen molar-refractivity contribution in [3.8, 4) is 0 Å². The van der Waals surface area contributed by atoms with E-state index in [1.165, 1.54) is 0 Å². The molecule has 0 aliphatic rings. The third kappa shape index (κ3) is 2.83. The smallest absolute Gasteiger partial charge is 0.410 e. The van der Waals surface area contributed by atoms with Gasteiger partial charge in [0.1, 0.15) is 0 Å². The van der Waals surface area contributed by atoms with Crippen molar-refractivity contribution in [2.45, 2.75) is 35.5 Å². The molecular weight excluding hydrogens is 389 g/mol. The quantitative estimate of drug-likeness (QED) is 0.640. The van der Waals surface area contributed by atoms with Crippen LogP contribution < -0.4 is 6.15 Å². The molecule has 3 nitrogen and oxygen atoms in total. The van der Waals surface area contributed by atoms with E-state index in [1.807, 2.05) is 0 Å². The lowest BCUT2D eigenvalue weighted by Crippen LogP contribution is -2.72. The molecule has 0 fully saturated rings. The molecule has 0 saturated heterocycles. The van der Waals surface area contributed by atoms with Gasteiger partial charge >= 0.3 is 41.5 Å². The zero-order valence-corrected chi connectivity index (χ0v) is 10.7. The molecule has 0 bridgehead atoms. The molecule has 4 N–H and O–H groups in total. The van der Waals surface area contributed by atoms with Crippen LogP contribution >= 0.6 is 0 Å². The second-order valence-electron chi connectivity index (χ2n) is 4.02. The van der Waals surface area contributed by atoms with Gasteiger partial charge in [-0.05, 0) is 0 Å². The Morgan fingerprint density at radius 3 is 1.21 bits per heavy atom. The summed E-state index contributed by atoms with van der Waals surface area (Å²) in [7, 11) is 0. The number of hydrogen-bond acceptors (Lipinski definition) is 2. The highest BCUT2D eigenvalue weighted by Crippen LogP contribution is 2.59. The third-order valence-electron chi connectivity index (χ3n) is 2.47. The van der Waals surface area contributed by atoms with Crippen molar-refractivity contribution in [2.75, 3.05) is 6.67 Å². The summed E-state index contributed by atoms with van der Waals surface area (Å²) in [6.45, 7) is -3.73. The fourth-order valence-electron chi connectivity index (χ4n) is 1.04. The van der Waals surface area contributed by atoms with Gasteiger partial charge in [0.2, 0.25) is 0 Å². The van der Waals surface area contributed by atoms with Crippen LogP contribution in [0.2, 0.25) is 0 Å². The summed E-state index contributed by atoms with van der Waals surface area (Å²) in [6.07, 6.45) is 0. The zero-order chi connectivity index (χ0) is 19.3. The summed E-state index contributed by atoms with van der Waals surface area (Å²) < 4.78 is 163. The summed E-state index contributed by atoms with van der Waals surface area (Å²) in [6, 6.07) is 0. The zero-order valence-electron chi connectivity index (χ0n) is 10.7. The van der Waals surface area contributed by atoms with E-state index in [4.69, 9.17) is 5.11 Å². The van der Waals surface area contributed by atoms with Gasteiger partial charge in [0.25, 0.3) is 0 Å². The molecule has 0 heterocycles.